The van der Waals surface area contributed by atoms with Crippen LogP contribution < -0.4 is 5.73 Å². The predicted octanol–water partition coefficient (Wildman–Crippen LogP) is 2.56. The molecule has 0 heterocycles. The largest absolute Gasteiger partial charge is 0.328 e. The predicted molar refractivity (Wildman–Crippen MR) is 65.5 cm³/mol. The van der Waals surface area contributed by atoms with Gasteiger partial charge in [-0.2, -0.15) is 0 Å². The molecule has 0 aliphatic heterocycles. The van der Waals surface area contributed by atoms with Crippen molar-refractivity contribution in [3.05, 3.63) is 35.4 Å². The number of aryl methyl sites for hydroxylation is 1. The van der Waals surface area contributed by atoms with Crippen molar-refractivity contribution in [2.45, 2.75) is 38.6 Å². The molecule has 1 saturated carbocycles. The Bertz CT molecular complexity index is 386. The van der Waals surface area contributed by atoms with Gasteiger partial charge in [-0.25, -0.2) is 0 Å². The average molecular weight is 217 g/mol. The molecule has 1 aromatic carbocycles. The summed E-state index contributed by atoms with van der Waals surface area (Å²) in [5.41, 5.74) is 7.93. The van der Waals surface area contributed by atoms with Gasteiger partial charge in [0.25, 0.3) is 0 Å². The summed E-state index contributed by atoms with van der Waals surface area (Å²) in [4.78, 5) is 12.2. The van der Waals surface area contributed by atoms with E-state index in [0.717, 1.165) is 31.2 Å². The quantitative estimate of drug-likeness (QED) is 0.791. The molecule has 16 heavy (non-hydrogen) atoms. The summed E-state index contributed by atoms with van der Waals surface area (Å²) < 4.78 is 0. The second-order valence-corrected chi connectivity index (χ2v) is 4.69. The molecule has 0 bridgehead atoms. The number of nitrogens with two attached hydrogens (primary N) is 1. The molecule has 1 fully saturated rings. The third kappa shape index (κ3) is 2.33. The molecule has 2 nitrogen and oxygen atoms in total. The number of rotatable bonds is 3. The van der Waals surface area contributed by atoms with Crippen LogP contribution in [0.5, 0.6) is 0 Å². The number of carbonyl (C=O) groups is 1. The van der Waals surface area contributed by atoms with Crippen molar-refractivity contribution in [1.29, 1.82) is 0 Å². The molecule has 86 valence electrons. The van der Waals surface area contributed by atoms with Crippen molar-refractivity contribution in [3.8, 4) is 0 Å². The average Bonchev–Trinajstić information content (AvgIpc) is 2.75. The lowest BCUT2D eigenvalue weighted by Gasteiger charge is -2.09. The maximum atomic E-state index is 12.2. The normalized spacial score (nSPS) is 24.6. The molecule has 0 aromatic heterocycles. The van der Waals surface area contributed by atoms with Crippen LogP contribution in [0.1, 0.15) is 42.1 Å². The maximum absolute atomic E-state index is 12.2. The highest BCUT2D eigenvalue weighted by molar-refractivity contribution is 5.98. The molecule has 0 amide bonds. The topological polar surface area (TPSA) is 43.1 Å². The van der Waals surface area contributed by atoms with Gasteiger partial charge in [0.05, 0.1) is 0 Å². The van der Waals surface area contributed by atoms with Crippen LogP contribution >= 0.6 is 0 Å². The monoisotopic (exact) mass is 217 g/mol. The Morgan fingerprint density at radius 1 is 1.44 bits per heavy atom. The zero-order valence-electron chi connectivity index (χ0n) is 9.78. The van der Waals surface area contributed by atoms with Crippen molar-refractivity contribution >= 4 is 5.78 Å². The van der Waals surface area contributed by atoms with Gasteiger partial charge in [0.2, 0.25) is 0 Å². The zero-order valence-corrected chi connectivity index (χ0v) is 9.78. The summed E-state index contributed by atoms with van der Waals surface area (Å²) >= 11 is 0. The Hall–Kier alpha value is -1.15. The minimum absolute atomic E-state index is 0.155. The molecule has 2 rings (SSSR count). The molecular formula is C14H19NO. The van der Waals surface area contributed by atoms with Crippen LogP contribution in [0.25, 0.3) is 0 Å². The van der Waals surface area contributed by atoms with Gasteiger partial charge < -0.3 is 5.73 Å². The van der Waals surface area contributed by atoms with Crippen molar-refractivity contribution in [1.82, 2.24) is 0 Å². The third-order valence-corrected chi connectivity index (χ3v) is 3.46. The number of carbonyl (C=O) groups excluding carboxylic acids is 1. The first-order chi connectivity index (χ1) is 7.70. The molecule has 2 N–H and O–H groups in total. The maximum Gasteiger partial charge on any atom is 0.166 e. The fraction of sp³-hybridized carbons (Fsp3) is 0.500. The van der Waals surface area contributed by atoms with E-state index >= 15 is 0 Å². The second kappa shape index (κ2) is 4.79. The lowest BCUT2D eigenvalue weighted by molar-refractivity contribution is 0.0922. The van der Waals surface area contributed by atoms with E-state index in [2.05, 4.69) is 13.0 Å². The van der Waals surface area contributed by atoms with Gasteiger partial charge in [-0.15, -0.1) is 0 Å². The Kier molecular flexibility index (Phi) is 3.39. The van der Waals surface area contributed by atoms with Gasteiger partial charge in [0.15, 0.2) is 5.78 Å². The number of benzene rings is 1. The van der Waals surface area contributed by atoms with Crippen molar-refractivity contribution in [2.24, 2.45) is 11.7 Å². The van der Waals surface area contributed by atoms with Gasteiger partial charge in [0.1, 0.15) is 0 Å². The van der Waals surface area contributed by atoms with Crippen LogP contribution in [0.4, 0.5) is 0 Å². The first kappa shape index (κ1) is 11.3. The lowest BCUT2D eigenvalue weighted by atomic mass is 9.94. The molecule has 2 unspecified atom stereocenters. The van der Waals surface area contributed by atoms with Crippen molar-refractivity contribution in [2.75, 3.05) is 0 Å². The van der Waals surface area contributed by atoms with Crippen molar-refractivity contribution in [3.63, 3.8) is 0 Å². The highest BCUT2D eigenvalue weighted by Crippen LogP contribution is 2.27. The molecule has 1 aliphatic rings. The number of hydrogen-bond donors (Lipinski definition) is 1. The first-order valence-electron chi connectivity index (χ1n) is 6.09. The fourth-order valence-corrected chi connectivity index (χ4v) is 2.43. The van der Waals surface area contributed by atoms with Gasteiger partial charge >= 0.3 is 0 Å². The smallest absolute Gasteiger partial charge is 0.166 e. The van der Waals surface area contributed by atoms with Crippen LogP contribution in [0, 0.1) is 5.92 Å². The molecule has 1 aliphatic carbocycles. The Morgan fingerprint density at radius 2 is 2.25 bits per heavy atom. The van der Waals surface area contributed by atoms with E-state index in [0.29, 0.717) is 0 Å². The first-order valence-corrected chi connectivity index (χ1v) is 6.09. The van der Waals surface area contributed by atoms with Crippen molar-refractivity contribution < 1.29 is 4.79 Å². The molecule has 1 aromatic rings. The van der Waals surface area contributed by atoms with Gasteiger partial charge in [-0.1, -0.05) is 25.1 Å². The molecule has 2 heteroatoms. The van der Waals surface area contributed by atoms with Gasteiger partial charge in [-0.05, 0) is 37.3 Å². The minimum Gasteiger partial charge on any atom is -0.328 e. The van der Waals surface area contributed by atoms with Gasteiger partial charge in [0, 0.05) is 17.5 Å². The minimum atomic E-state index is 0.155. The molecule has 0 saturated heterocycles. The Balaban J connectivity index is 2.14. The molecule has 0 spiro atoms. The van der Waals surface area contributed by atoms with Crippen LogP contribution in [0.3, 0.4) is 0 Å². The molecule has 2 atom stereocenters. The zero-order chi connectivity index (χ0) is 11.5. The molecular weight excluding hydrogens is 198 g/mol. The summed E-state index contributed by atoms with van der Waals surface area (Å²) in [5.74, 6) is 0.436. The van der Waals surface area contributed by atoms with E-state index in [1.807, 2.05) is 18.2 Å². The summed E-state index contributed by atoms with van der Waals surface area (Å²) in [6.07, 6.45) is 3.78. The lowest BCUT2D eigenvalue weighted by Crippen LogP contribution is -2.18. The fourth-order valence-electron chi connectivity index (χ4n) is 2.43. The van der Waals surface area contributed by atoms with Crippen LogP contribution in [-0.2, 0) is 6.42 Å². The highest BCUT2D eigenvalue weighted by Gasteiger charge is 2.28. The van der Waals surface area contributed by atoms with Gasteiger partial charge in [-0.3, -0.25) is 4.79 Å². The third-order valence-electron chi connectivity index (χ3n) is 3.46. The second-order valence-electron chi connectivity index (χ2n) is 4.69. The van der Waals surface area contributed by atoms with E-state index in [-0.39, 0.29) is 17.7 Å². The number of hydrogen-bond acceptors (Lipinski definition) is 2. The summed E-state index contributed by atoms with van der Waals surface area (Å²) in [7, 11) is 0. The summed E-state index contributed by atoms with van der Waals surface area (Å²) in [6.45, 7) is 2.11. The van der Waals surface area contributed by atoms with Crippen LogP contribution in [0.2, 0.25) is 0 Å². The molecule has 0 radical (unpaired) electrons. The summed E-state index contributed by atoms with van der Waals surface area (Å²) in [5, 5.41) is 0. The SMILES string of the molecule is CCc1cccc(C(=O)C2CCC(N)C2)c1. The van der Waals surface area contributed by atoms with E-state index in [4.69, 9.17) is 5.73 Å². The van der Waals surface area contributed by atoms with E-state index < -0.39 is 0 Å². The van der Waals surface area contributed by atoms with E-state index in [1.54, 1.807) is 0 Å². The Labute approximate surface area is 96.8 Å². The van der Waals surface area contributed by atoms with E-state index in [1.165, 1.54) is 5.56 Å². The Morgan fingerprint density at radius 3 is 2.88 bits per heavy atom. The van der Waals surface area contributed by atoms with E-state index in [9.17, 15) is 4.79 Å². The number of Topliss-reactive ketones (excluding diaryl/α,β-unsaturated/α-hetero) is 1. The van der Waals surface area contributed by atoms with Crippen LogP contribution in [-0.4, -0.2) is 11.8 Å². The highest BCUT2D eigenvalue weighted by atomic mass is 16.1. The summed E-state index contributed by atoms with van der Waals surface area (Å²) in [6, 6.07) is 8.21. The standard InChI is InChI=1S/C14H19NO/c1-2-10-4-3-5-11(8-10)14(16)12-6-7-13(15)9-12/h3-5,8,12-13H,2,6-7,9,15H2,1H3. The van der Waals surface area contributed by atoms with Crippen LogP contribution in [0.15, 0.2) is 24.3 Å². The number of ketones is 1.